The smallest absolute Gasteiger partial charge is 0.357 e. The summed E-state index contributed by atoms with van der Waals surface area (Å²) in [6, 6.07) is 0.898. The topological polar surface area (TPSA) is 55.6 Å². The summed E-state index contributed by atoms with van der Waals surface area (Å²) in [5.41, 5.74) is 0.472. The Labute approximate surface area is 107 Å². The maximum absolute atomic E-state index is 12.8. The molecule has 5 nitrogen and oxygen atoms in total. The van der Waals surface area contributed by atoms with Gasteiger partial charge in [-0.1, -0.05) is 0 Å². The molecule has 2 rings (SSSR count). The highest BCUT2D eigenvalue weighted by molar-refractivity contribution is 5.37. The number of rotatable bonds is 2. The van der Waals surface area contributed by atoms with Crippen LogP contribution in [0.2, 0.25) is 0 Å². The molecule has 0 aromatic carbocycles. The van der Waals surface area contributed by atoms with Gasteiger partial charge in [0.2, 0.25) is 5.95 Å². The molecule has 102 valence electrons. The van der Waals surface area contributed by atoms with Crippen molar-refractivity contribution in [3.63, 3.8) is 0 Å². The van der Waals surface area contributed by atoms with E-state index in [2.05, 4.69) is 20.3 Å². The number of aryl methyl sites for hydroxylation is 1. The minimum absolute atomic E-state index is 0.0874. The molecule has 2 aromatic heterocycles. The van der Waals surface area contributed by atoms with E-state index in [1.165, 1.54) is 17.9 Å². The highest BCUT2D eigenvalue weighted by atomic mass is 19.4. The molecule has 0 bridgehead atoms. The monoisotopic (exact) mass is 271 g/mol. The lowest BCUT2D eigenvalue weighted by Crippen LogP contribution is -2.13. The van der Waals surface area contributed by atoms with E-state index in [4.69, 9.17) is 0 Å². The van der Waals surface area contributed by atoms with Gasteiger partial charge >= 0.3 is 6.18 Å². The van der Waals surface area contributed by atoms with E-state index < -0.39 is 11.9 Å². The summed E-state index contributed by atoms with van der Waals surface area (Å²) in [5, 5.41) is 2.52. The van der Waals surface area contributed by atoms with Gasteiger partial charge in [0.1, 0.15) is 12.1 Å². The van der Waals surface area contributed by atoms with Crippen LogP contribution in [0.1, 0.15) is 17.1 Å². The van der Waals surface area contributed by atoms with E-state index in [0.717, 1.165) is 17.5 Å². The Kier molecular flexibility index (Phi) is 3.17. The summed E-state index contributed by atoms with van der Waals surface area (Å²) >= 11 is 0. The van der Waals surface area contributed by atoms with Gasteiger partial charge in [0.05, 0.1) is 5.69 Å². The van der Waals surface area contributed by atoms with Crippen LogP contribution in [0.4, 0.5) is 19.1 Å². The minimum Gasteiger partial charge on any atom is -0.357 e. The molecule has 1 N–H and O–H groups in total. The summed E-state index contributed by atoms with van der Waals surface area (Å²) < 4.78 is 39.8. The zero-order chi connectivity index (χ0) is 14.2. The molecule has 8 heteroatoms. The number of nitrogens with zero attached hydrogens (tertiary/aromatic N) is 4. The van der Waals surface area contributed by atoms with Crippen molar-refractivity contribution >= 4 is 5.95 Å². The van der Waals surface area contributed by atoms with Gasteiger partial charge in [0, 0.05) is 18.8 Å². The first-order valence-corrected chi connectivity index (χ1v) is 5.48. The molecular weight excluding hydrogens is 259 g/mol. The average molecular weight is 271 g/mol. The van der Waals surface area contributed by atoms with Gasteiger partial charge in [0.15, 0.2) is 5.69 Å². The van der Waals surface area contributed by atoms with Crippen LogP contribution in [0.5, 0.6) is 0 Å². The van der Waals surface area contributed by atoms with Crippen LogP contribution in [0.25, 0.3) is 5.82 Å². The van der Waals surface area contributed by atoms with Gasteiger partial charge in [-0.25, -0.2) is 9.97 Å². The Balaban J connectivity index is 2.61. The third-order valence-electron chi connectivity index (χ3n) is 2.73. The first-order valence-electron chi connectivity index (χ1n) is 5.48. The minimum atomic E-state index is -4.52. The van der Waals surface area contributed by atoms with E-state index in [0.29, 0.717) is 0 Å². The Morgan fingerprint density at radius 1 is 1.21 bits per heavy atom. The Morgan fingerprint density at radius 3 is 2.37 bits per heavy atom. The SMILES string of the molecule is CNc1nc(-n2cnc(C)c2C)cc(C(F)(F)F)n1. The standard InChI is InChI=1S/C11H12F3N5/c1-6-7(2)19(5-16-6)9-4-8(11(12,13)14)17-10(15-3)18-9/h4-5H,1-3H3,(H,15,17,18). The fourth-order valence-corrected chi connectivity index (χ4v) is 1.54. The second kappa shape index (κ2) is 4.52. The first-order chi connectivity index (χ1) is 8.82. The maximum Gasteiger partial charge on any atom is 0.433 e. The second-order valence-electron chi connectivity index (χ2n) is 3.97. The fourth-order valence-electron chi connectivity index (χ4n) is 1.54. The van der Waals surface area contributed by atoms with Crippen LogP contribution in [0.3, 0.4) is 0 Å². The van der Waals surface area contributed by atoms with E-state index in [1.807, 2.05) is 0 Å². The van der Waals surface area contributed by atoms with Crippen molar-refractivity contribution < 1.29 is 13.2 Å². The molecule has 0 saturated heterocycles. The lowest BCUT2D eigenvalue weighted by Gasteiger charge is -2.11. The summed E-state index contributed by atoms with van der Waals surface area (Å²) in [7, 11) is 1.46. The van der Waals surface area contributed by atoms with Gasteiger partial charge in [-0.3, -0.25) is 4.57 Å². The Hall–Kier alpha value is -2.12. The first kappa shape index (κ1) is 13.3. The number of nitrogens with one attached hydrogen (secondary N) is 1. The predicted octanol–water partition coefficient (Wildman–Crippen LogP) is 2.34. The number of halogens is 3. The van der Waals surface area contributed by atoms with Crippen molar-refractivity contribution in [1.29, 1.82) is 0 Å². The van der Waals surface area contributed by atoms with Crippen molar-refractivity contribution in [2.45, 2.75) is 20.0 Å². The van der Waals surface area contributed by atoms with Gasteiger partial charge < -0.3 is 5.32 Å². The van der Waals surface area contributed by atoms with Crippen molar-refractivity contribution in [2.24, 2.45) is 0 Å². The highest BCUT2D eigenvalue weighted by Gasteiger charge is 2.34. The Bertz CT molecular complexity index is 603. The molecule has 0 saturated carbocycles. The van der Waals surface area contributed by atoms with Crippen molar-refractivity contribution in [2.75, 3.05) is 12.4 Å². The van der Waals surface area contributed by atoms with Crippen LogP contribution in [-0.4, -0.2) is 26.6 Å². The van der Waals surface area contributed by atoms with Crippen LogP contribution < -0.4 is 5.32 Å². The number of hydrogen-bond donors (Lipinski definition) is 1. The number of imidazole rings is 1. The van der Waals surface area contributed by atoms with Gasteiger partial charge in [-0.15, -0.1) is 0 Å². The number of aromatic nitrogens is 4. The quantitative estimate of drug-likeness (QED) is 0.910. The third-order valence-corrected chi connectivity index (χ3v) is 2.73. The van der Waals surface area contributed by atoms with Crippen LogP contribution in [0, 0.1) is 13.8 Å². The maximum atomic E-state index is 12.8. The molecule has 0 unspecified atom stereocenters. The summed E-state index contributed by atoms with van der Waals surface area (Å²) in [6.07, 6.45) is -3.08. The number of alkyl halides is 3. The highest BCUT2D eigenvalue weighted by Crippen LogP contribution is 2.29. The predicted molar refractivity (Wildman–Crippen MR) is 63.2 cm³/mol. The van der Waals surface area contributed by atoms with Crippen LogP contribution >= 0.6 is 0 Å². The molecule has 0 aliphatic carbocycles. The van der Waals surface area contributed by atoms with Crippen molar-refractivity contribution in [1.82, 2.24) is 19.5 Å². The average Bonchev–Trinajstić information content (AvgIpc) is 2.68. The van der Waals surface area contributed by atoms with E-state index in [-0.39, 0.29) is 11.8 Å². The molecule has 0 aliphatic rings. The van der Waals surface area contributed by atoms with Gasteiger partial charge in [-0.05, 0) is 13.8 Å². The van der Waals surface area contributed by atoms with E-state index in [1.54, 1.807) is 13.8 Å². The lowest BCUT2D eigenvalue weighted by molar-refractivity contribution is -0.141. The van der Waals surface area contributed by atoms with E-state index in [9.17, 15) is 13.2 Å². The van der Waals surface area contributed by atoms with Crippen molar-refractivity contribution in [3.8, 4) is 5.82 Å². The second-order valence-corrected chi connectivity index (χ2v) is 3.97. The molecule has 0 atom stereocenters. The molecule has 2 aromatic rings. The fraction of sp³-hybridized carbons (Fsp3) is 0.364. The summed E-state index contributed by atoms with van der Waals surface area (Å²) in [4.78, 5) is 11.5. The summed E-state index contributed by atoms with van der Waals surface area (Å²) in [5.74, 6) is 0.0420. The molecule has 0 amide bonds. The van der Waals surface area contributed by atoms with Crippen LogP contribution in [-0.2, 0) is 6.18 Å². The molecule has 0 radical (unpaired) electrons. The summed E-state index contributed by atoms with van der Waals surface area (Å²) in [6.45, 7) is 3.54. The molecule has 0 aliphatic heterocycles. The molecule has 2 heterocycles. The lowest BCUT2D eigenvalue weighted by atomic mass is 10.3. The molecule has 19 heavy (non-hydrogen) atoms. The number of anilines is 1. The molecular formula is C11H12F3N5. The Morgan fingerprint density at radius 2 is 1.89 bits per heavy atom. The zero-order valence-corrected chi connectivity index (χ0v) is 10.6. The van der Waals surface area contributed by atoms with Crippen molar-refractivity contribution in [3.05, 3.63) is 29.5 Å². The molecule has 0 spiro atoms. The molecule has 0 fully saturated rings. The van der Waals surface area contributed by atoms with Gasteiger partial charge in [0.25, 0.3) is 0 Å². The van der Waals surface area contributed by atoms with Gasteiger partial charge in [-0.2, -0.15) is 18.2 Å². The normalized spacial score (nSPS) is 11.7. The van der Waals surface area contributed by atoms with Crippen LogP contribution in [0.15, 0.2) is 12.4 Å². The van der Waals surface area contributed by atoms with E-state index >= 15 is 0 Å². The third kappa shape index (κ3) is 2.51. The largest absolute Gasteiger partial charge is 0.433 e. The zero-order valence-electron chi connectivity index (χ0n) is 10.6. The number of hydrogen-bond acceptors (Lipinski definition) is 4.